The lowest BCUT2D eigenvalue weighted by Crippen LogP contribution is -1.89. The summed E-state index contributed by atoms with van der Waals surface area (Å²) in [4.78, 5) is 5.55. The summed E-state index contributed by atoms with van der Waals surface area (Å²) < 4.78 is 0. The number of thiazole rings is 1. The van der Waals surface area contributed by atoms with Crippen LogP contribution in [0.4, 0.5) is 5.13 Å². The quantitative estimate of drug-likeness (QED) is 0.650. The van der Waals surface area contributed by atoms with E-state index in [4.69, 9.17) is 0 Å². The van der Waals surface area contributed by atoms with Crippen molar-refractivity contribution >= 4 is 22.7 Å². The monoisotopic (exact) mass is 231 g/mol. The van der Waals surface area contributed by atoms with Gasteiger partial charge < -0.3 is 0 Å². The van der Waals surface area contributed by atoms with Crippen LogP contribution < -0.4 is 5.43 Å². The van der Waals surface area contributed by atoms with Crippen molar-refractivity contribution in [2.75, 3.05) is 5.43 Å². The van der Waals surface area contributed by atoms with Gasteiger partial charge in [0.25, 0.3) is 0 Å². The highest BCUT2D eigenvalue weighted by atomic mass is 32.1. The van der Waals surface area contributed by atoms with Crippen LogP contribution in [0.25, 0.3) is 0 Å². The Balaban J connectivity index is 2.00. The second kappa shape index (κ2) is 4.90. The second-order valence-corrected chi connectivity index (χ2v) is 4.64. The highest BCUT2D eigenvalue weighted by Gasteiger charge is 2.00. The van der Waals surface area contributed by atoms with Gasteiger partial charge in [0.05, 0.1) is 11.9 Å². The van der Waals surface area contributed by atoms with E-state index in [1.807, 2.05) is 37.3 Å². The van der Waals surface area contributed by atoms with E-state index in [1.54, 1.807) is 17.6 Å². The predicted molar refractivity (Wildman–Crippen MR) is 69.2 cm³/mol. The molecule has 0 saturated carbocycles. The molecule has 0 atom stereocenters. The Morgan fingerprint density at radius 1 is 1.25 bits per heavy atom. The average Bonchev–Trinajstić information content (AvgIpc) is 2.60. The van der Waals surface area contributed by atoms with Crippen LogP contribution in [0.5, 0.6) is 0 Å². The summed E-state index contributed by atoms with van der Waals surface area (Å²) in [5, 5.41) is 4.97. The summed E-state index contributed by atoms with van der Waals surface area (Å²) in [5.41, 5.74) is 5.06. The molecule has 1 heterocycles. The molecule has 2 rings (SSSR count). The number of nitrogens with zero attached hydrogens (tertiary/aromatic N) is 2. The fourth-order valence-electron chi connectivity index (χ4n) is 1.22. The Kier molecular flexibility index (Phi) is 3.31. The smallest absolute Gasteiger partial charge is 0.203 e. The molecule has 0 aliphatic carbocycles. The van der Waals surface area contributed by atoms with Crippen LogP contribution in [0.3, 0.4) is 0 Å². The maximum Gasteiger partial charge on any atom is 0.203 e. The zero-order valence-electron chi connectivity index (χ0n) is 9.27. The molecule has 0 amide bonds. The van der Waals surface area contributed by atoms with E-state index in [0.29, 0.717) is 0 Å². The fraction of sp³-hybridized carbons (Fsp3) is 0.167. The van der Waals surface area contributed by atoms with Crippen LogP contribution in [-0.4, -0.2) is 11.2 Å². The van der Waals surface area contributed by atoms with Gasteiger partial charge in [0.2, 0.25) is 5.13 Å². The van der Waals surface area contributed by atoms with Gasteiger partial charge in [-0.15, -0.1) is 11.3 Å². The van der Waals surface area contributed by atoms with Crippen LogP contribution in [-0.2, 0) is 0 Å². The first-order chi connectivity index (χ1) is 7.75. The Labute approximate surface area is 98.9 Å². The van der Waals surface area contributed by atoms with Gasteiger partial charge in [0.15, 0.2) is 0 Å². The van der Waals surface area contributed by atoms with Gasteiger partial charge in [0, 0.05) is 4.88 Å². The molecule has 1 aromatic carbocycles. The van der Waals surface area contributed by atoms with Crippen molar-refractivity contribution in [3.8, 4) is 0 Å². The van der Waals surface area contributed by atoms with Gasteiger partial charge in [-0.2, -0.15) is 5.10 Å². The molecule has 1 N–H and O–H groups in total. The van der Waals surface area contributed by atoms with Crippen molar-refractivity contribution in [3.05, 3.63) is 46.5 Å². The van der Waals surface area contributed by atoms with Gasteiger partial charge in [-0.05, 0) is 19.4 Å². The lowest BCUT2D eigenvalue weighted by atomic mass is 10.2. The van der Waals surface area contributed by atoms with Crippen molar-refractivity contribution in [3.63, 3.8) is 0 Å². The third-order valence-electron chi connectivity index (χ3n) is 2.20. The lowest BCUT2D eigenvalue weighted by molar-refractivity contribution is 1.20. The lowest BCUT2D eigenvalue weighted by Gasteiger charge is -1.93. The molecular weight excluding hydrogens is 218 g/mol. The molecule has 0 aliphatic rings. The molecule has 0 saturated heterocycles. The molecule has 0 aliphatic heterocycles. The minimum atomic E-state index is 0.835. The summed E-state index contributed by atoms with van der Waals surface area (Å²) in [6, 6.07) is 9.96. The van der Waals surface area contributed by atoms with Crippen LogP contribution in [0.15, 0.2) is 35.4 Å². The van der Waals surface area contributed by atoms with Gasteiger partial charge in [-0.3, -0.25) is 5.43 Å². The number of benzene rings is 1. The third-order valence-corrected chi connectivity index (χ3v) is 3.18. The number of hydrogen-bond donors (Lipinski definition) is 1. The number of hydrogen-bond acceptors (Lipinski definition) is 4. The molecule has 0 fully saturated rings. The third kappa shape index (κ3) is 2.67. The van der Waals surface area contributed by atoms with Crippen molar-refractivity contribution in [2.24, 2.45) is 5.10 Å². The molecule has 82 valence electrons. The summed E-state index contributed by atoms with van der Waals surface area (Å²) in [6.45, 7) is 4.05. The van der Waals surface area contributed by atoms with E-state index in [1.165, 1.54) is 4.88 Å². The minimum Gasteiger partial charge on any atom is -0.253 e. The molecule has 0 radical (unpaired) electrons. The molecule has 3 nitrogen and oxygen atoms in total. The van der Waals surface area contributed by atoms with E-state index < -0.39 is 0 Å². The van der Waals surface area contributed by atoms with Crippen LogP contribution >= 0.6 is 11.3 Å². The number of aromatic nitrogens is 1. The van der Waals surface area contributed by atoms with Gasteiger partial charge in [0.1, 0.15) is 0 Å². The predicted octanol–water partition coefficient (Wildman–Crippen LogP) is 3.21. The van der Waals surface area contributed by atoms with Gasteiger partial charge >= 0.3 is 0 Å². The zero-order chi connectivity index (χ0) is 11.4. The van der Waals surface area contributed by atoms with Gasteiger partial charge in [-0.25, -0.2) is 4.98 Å². The zero-order valence-corrected chi connectivity index (χ0v) is 10.1. The molecule has 2 aromatic rings. The number of hydrazone groups is 1. The van der Waals surface area contributed by atoms with Crippen molar-refractivity contribution in [1.82, 2.24) is 4.98 Å². The van der Waals surface area contributed by atoms with Crippen LogP contribution in [0.2, 0.25) is 0 Å². The van der Waals surface area contributed by atoms with E-state index in [-0.39, 0.29) is 0 Å². The molecule has 1 aromatic heterocycles. The van der Waals surface area contributed by atoms with Gasteiger partial charge in [-0.1, -0.05) is 30.3 Å². The van der Waals surface area contributed by atoms with Crippen molar-refractivity contribution in [2.45, 2.75) is 13.8 Å². The maximum absolute atomic E-state index is 4.34. The summed E-state index contributed by atoms with van der Waals surface area (Å²) in [5.74, 6) is 0. The largest absolute Gasteiger partial charge is 0.253 e. The van der Waals surface area contributed by atoms with Crippen molar-refractivity contribution < 1.29 is 0 Å². The first-order valence-corrected chi connectivity index (χ1v) is 5.85. The van der Waals surface area contributed by atoms with E-state index in [2.05, 4.69) is 22.4 Å². The topological polar surface area (TPSA) is 37.3 Å². The standard InChI is InChI=1S/C12H13N3S/c1-9-10(2)16-12(14-9)15-13-8-11-6-4-3-5-7-11/h3-8H,1-2H3,(H,14,15). The first-order valence-electron chi connectivity index (χ1n) is 5.04. The normalized spacial score (nSPS) is 10.9. The highest BCUT2D eigenvalue weighted by molar-refractivity contribution is 7.15. The molecule has 0 bridgehead atoms. The van der Waals surface area contributed by atoms with Crippen LogP contribution in [0.1, 0.15) is 16.1 Å². The van der Waals surface area contributed by atoms with E-state index in [9.17, 15) is 0 Å². The summed E-state index contributed by atoms with van der Waals surface area (Å²) in [7, 11) is 0. The maximum atomic E-state index is 4.34. The number of anilines is 1. The van der Waals surface area contributed by atoms with Crippen LogP contribution in [0, 0.1) is 13.8 Å². The Hall–Kier alpha value is -1.68. The van der Waals surface area contributed by atoms with E-state index in [0.717, 1.165) is 16.4 Å². The SMILES string of the molecule is Cc1nc(NN=Cc2ccccc2)sc1C. The van der Waals surface area contributed by atoms with Crippen molar-refractivity contribution in [1.29, 1.82) is 0 Å². The number of nitrogens with one attached hydrogen (secondary N) is 1. The Bertz CT molecular complexity index is 469. The molecular formula is C12H13N3S. The highest BCUT2D eigenvalue weighted by Crippen LogP contribution is 2.20. The number of rotatable bonds is 3. The second-order valence-electron chi connectivity index (χ2n) is 3.44. The molecule has 16 heavy (non-hydrogen) atoms. The molecule has 0 unspecified atom stereocenters. The number of aryl methyl sites for hydroxylation is 2. The fourth-order valence-corrected chi connectivity index (χ4v) is 1.99. The first kappa shape index (κ1) is 10.8. The summed E-state index contributed by atoms with van der Waals surface area (Å²) in [6.07, 6.45) is 1.78. The minimum absolute atomic E-state index is 0.835. The Morgan fingerprint density at radius 2 is 2.00 bits per heavy atom. The molecule has 0 spiro atoms. The molecule has 4 heteroatoms. The van der Waals surface area contributed by atoms with E-state index >= 15 is 0 Å². The average molecular weight is 231 g/mol. The summed E-state index contributed by atoms with van der Waals surface area (Å²) >= 11 is 1.61. The Morgan fingerprint density at radius 3 is 2.62 bits per heavy atom.